The topological polar surface area (TPSA) is 124 Å². The number of carbonyl (C=O) groups excluding carboxylic acids is 4. The fourth-order valence-corrected chi connectivity index (χ4v) is 3.05. The number of carbonyl (C=O) groups is 4. The van der Waals surface area contributed by atoms with Gasteiger partial charge in [0.2, 0.25) is 0 Å². The standard InChI is InChI=1S/C29H34O10/c1-23(29(33)39-22-28(32)37-19-17-35-15-13-25-10-6-3-7-11-25)20-26(30)38-21-27(31)36-18-16-34-14-12-24-8-4-2-5-9-24/h2-11H,1,12-22H2. The first-order valence-corrected chi connectivity index (χ1v) is 12.5. The van der Waals surface area contributed by atoms with E-state index in [-0.39, 0.29) is 32.0 Å². The van der Waals surface area contributed by atoms with Crippen molar-refractivity contribution in [1.29, 1.82) is 0 Å². The predicted octanol–water partition coefficient (Wildman–Crippen LogP) is 2.62. The zero-order chi connectivity index (χ0) is 28.1. The molecule has 0 aliphatic heterocycles. The van der Waals surface area contributed by atoms with Crippen molar-refractivity contribution in [3.63, 3.8) is 0 Å². The molecular weight excluding hydrogens is 508 g/mol. The van der Waals surface area contributed by atoms with Gasteiger partial charge >= 0.3 is 23.9 Å². The monoisotopic (exact) mass is 542 g/mol. The van der Waals surface area contributed by atoms with Gasteiger partial charge in [0.25, 0.3) is 0 Å². The summed E-state index contributed by atoms with van der Waals surface area (Å²) in [4.78, 5) is 47.1. The van der Waals surface area contributed by atoms with Gasteiger partial charge in [-0.2, -0.15) is 0 Å². The predicted molar refractivity (Wildman–Crippen MR) is 140 cm³/mol. The maximum absolute atomic E-state index is 11.9. The summed E-state index contributed by atoms with van der Waals surface area (Å²) in [5.41, 5.74) is 2.04. The molecule has 0 spiro atoms. The molecule has 0 heterocycles. The summed E-state index contributed by atoms with van der Waals surface area (Å²) < 4.78 is 30.2. The lowest BCUT2D eigenvalue weighted by atomic mass is 10.2. The summed E-state index contributed by atoms with van der Waals surface area (Å²) in [6.07, 6.45) is 0.964. The van der Waals surface area contributed by atoms with Gasteiger partial charge in [-0.1, -0.05) is 67.2 Å². The van der Waals surface area contributed by atoms with Crippen molar-refractivity contribution in [1.82, 2.24) is 0 Å². The van der Waals surface area contributed by atoms with Crippen LogP contribution in [0.3, 0.4) is 0 Å². The van der Waals surface area contributed by atoms with Crippen molar-refractivity contribution < 1.29 is 47.6 Å². The molecule has 10 heteroatoms. The summed E-state index contributed by atoms with van der Waals surface area (Å²) in [5.74, 6) is -3.35. The van der Waals surface area contributed by atoms with E-state index in [0.29, 0.717) is 13.2 Å². The SMILES string of the molecule is C=C(CC(=O)OCC(=O)OCCOCCc1ccccc1)C(=O)OCC(=O)OCCOCCc1ccccc1. The first-order chi connectivity index (χ1) is 18.9. The number of ether oxygens (including phenoxy) is 6. The van der Waals surface area contributed by atoms with Gasteiger partial charge in [-0.3, -0.25) is 4.79 Å². The lowest BCUT2D eigenvalue weighted by molar-refractivity contribution is -0.160. The molecular formula is C29H34O10. The Hall–Kier alpha value is -4.02. The molecule has 0 aliphatic carbocycles. The van der Waals surface area contributed by atoms with Crippen LogP contribution in [-0.4, -0.2) is 76.7 Å². The van der Waals surface area contributed by atoms with Crippen LogP contribution in [0.25, 0.3) is 0 Å². The van der Waals surface area contributed by atoms with Crippen LogP contribution < -0.4 is 0 Å². The molecule has 0 amide bonds. The summed E-state index contributed by atoms with van der Waals surface area (Å²) in [6, 6.07) is 19.6. The summed E-state index contributed by atoms with van der Waals surface area (Å²) >= 11 is 0. The van der Waals surface area contributed by atoms with Crippen molar-refractivity contribution in [2.75, 3.05) is 52.9 Å². The molecule has 2 aromatic carbocycles. The van der Waals surface area contributed by atoms with Gasteiger partial charge in [-0.15, -0.1) is 0 Å². The Morgan fingerprint density at radius 1 is 0.538 bits per heavy atom. The molecule has 0 radical (unpaired) electrons. The molecule has 0 saturated heterocycles. The third-order valence-electron chi connectivity index (χ3n) is 5.06. The number of rotatable bonds is 19. The van der Waals surface area contributed by atoms with Crippen LogP contribution in [0.5, 0.6) is 0 Å². The van der Waals surface area contributed by atoms with Gasteiger partial charge in [0, 0.05) is 5.57 Å². The van der Waals surface area contributed by atoms with E-state index in [0.717, 1.165) is 24.0 Å². The summed E-state index contributed by atoms with van der Waals surface area (Å²) in [6.45, 7) is 3.57. The molecule has 0 aliphatic rings. The average Bonchev–Trinajstić information content (AvgIpc) is 2.95. The van der Waals surface area contributed by atoms with E-state index < -0.39 is 43.5 Å². The zero-order valence-corrected chi connectivity index (χ0v) is 21.8. The zero-order valence-electron chi connectivity index (χ0n) is 21.8. The Kier molecular flexibility index (Phi) is 15.3. The van der Waals surface area contributed by atoms with E-state index in [1.54, 1.807) is 0 Å². The van der Waals surface area contributed by atoms with Crippen molar-refractivity contribution in [2.45, 2.75) is 19.3 Å². The van der Waals surface area contributed by atoms with E-state index in [9.17, 15) is 19.2 Å². The van der Waals surface area contributed by atoms with Gasteiger partial charge < -0.3 is 28.4 Å². The first kappa shape index (κ1) is 31.2. The maximum atomic E-state index is 11.9. The minimum absolute atomic E-state index is 0.00829. The van der Waals surface area contributed by atoms with E-state index in [4.69, 9.17) is 28.4 Å². The number of hydrogen-bond donors (Lipinski definition) is 0. The van der Waals surface area contributed by atoms with Crippen molar-refractivity contribution in [2.24, 2.45) is 0 Å². The quantitative estimate of drug-likeness (QED) is 0.113. The molecule has 0 saturated carbocycles. The fourth-order valence-electron chi connectivity index (χ4n) is 3.05. The first-order valence-electron chi connectivity index (χ1n) is 12.5. The van der Waals surface area contributed by atoms with Crippen LogP contribution in [0.2, 0.25) is 0 Å². The molecule has 0 bridgehead atoms. The second-order valence-electron chi connectivity index (χ2n) is 8.15. The third kappa shape index (κ3) is 15.1. The number of benzene rings is 2. The van der Waals surface area contributed by atoms with Crippen LogP contribution in [-0.2, 0) is 60.4 Å². The number of hydrogen-bond acceptors (Lipinski definition) is 10. The molecule has 0 atom stereocenters. The van der Waals surface area contributed by atoms with Gasteiger partial charge in [0.05, 0.1) is 32.8 Å². The smallest absolute Gasteiger partial charge is 0.344 e. The largest absolute Gasteiger partial charge is 0.461 e. The molecule has 39 heavy (non-hydrogen) atoms. The molecule has 2 aromatic rings. The Bertz CT molecular complexity index is 1040. The van der Waals surface area contributed by atoms with E-state index in [1.165, 1.54) is 0 Å². The highest BCUT2D eigenvalue weighted by Crippen LogP contribution is 2.04. The van der Waals surface area contributed by atoms with Crippen LogP contribution in [0.15, 0.2) is 72.8 Å². The molecule has 2 rings (SSSR count). The minimum atomic E-state index is -0.960. The minimum Gasteiger partial charge on any atom is -0.461 e. The maximum Gasteiger partial charge on any atom is 0.344 e. The van der Waals surface area contributed by atoms with E-state index in [1.807, 2.05) is 60.7 Å². The average molecular weight is 543 g/mol. The second kappa shape index (κ2) is 19.1. The molecule has 0 unspecified atom stereocenters. The highest BCUT2D eigenvalue weighted by atomic mass is 16.6. The molecule has 0 fully saturated rings. The Morgan fingerprint density at radius 3 is 1.49 bits per heavy atom. The van der Waals surface area contributed by atoms with Crippen LogP contribution >= 0.6 is 0 Å². The second-order valence-corrected chi connectivity index (χ2v) is 8.15. The van der Waals surface area contributed by atoms with Crippen molar-refractivity contribution in [3.8, 4) is 0 Å². The lowest BCUT2D eigenvalue weighted by Gasteiger charge is -2.09. The third-order valence-corrected chi connectivity index (χ3v) is 5.06. The molecule has 0 N–H and O–H groups in total. The van der Waals surface area contributed by atoms with Crippen molar-refractivity contribution >= 4 is 23.9 Å². The highest BCUT2D eigenvalue weighted by molar-refractivity contribution is 5.94. The fraction of sp³-hybridized carbons (Fsp3) is 0.379. The lowest BCUT2D eigenvalue weighted by Crippen LogP contribution is -2.22. The summed E-state index contributed by atoms with van der Waals surface area (Å²) in [5, 5.41) is 0. The molecule has 0 aromatic heterocycles. The Labute approximate surface area is 227 Å². The Morgan fingerprint density at radius 2 is 1.00 bits per heavy atom. The molecule has 10 nitrogen and oxygen atoms in total. The van der Waals surface area contributed by atoms with E-state index in [2.05, 4.69) is 6.58 Å². The molecule has 210 valence electrons. The summed E-state index contributed by atoms with van der Waals surface area (Å²) in [7, 11) is 0. The van der Waals surface area contributed by atoms with Crippen LogP contribution in [0.4, 0.5) is 0 Å². The van der Waals surface area contributed by atoms with Crippen LogP contribution in [0.1, 0.15) is 17.5 Å². The normalized spacial score (nSPS) is 10.4. The number of esters is 4. The Balaban J connectivity index is 1.44. The van der Waals surface area contributed by atoms with Gasteiger partial charge in [0.15, 0.2) is 13.2 Å². The highest BCUT2D eigenvalue weighted by Gasteiger charge is 2.17. The van der Waals surface area contributed by atoms with Crippen molar-refractivity contribution in [3.05, 3.63) is 83.9 Å². The van der Waals surface area contributed by atoms with Gasteiger partial charge in [0.1, 0.15) is 13.2 Å². The van der Waals surface area contributed by atoms with Gasteiger partial charge in [-0.05, 0) is 24.0 Å². The van der Waals surface area contributed by atoms with E-state index >= 15 is 0 Å². The van der Waals surface area contributed by atoms with Crippen LogP contribution in [0, 0.1) is 0 Å². The van der Waals surface area contributed by atoms with Gasteiger partial charge in [-0.25, -0.2) is 14.4 Å².